The molecular weight excluding hydrogens is 423 g/mol. The Morgan fingerprint density at radius 1 is 1.10 bits per heavy atom. The summed E-state index contributed by atoms with van der Waals surface area (Å²) >= 11 is 12.1. The lowest BCUT2D eigenvalue weighted by molar-refractivity contribution is -0.142. The third kappa shape index (κ3) is 6.38. The van der Waals surface area contributed by atoms with E-state index in [-0.39, 0.29) is 31.0 Å². The van der Waals surface area contributed by atoms with Crippen molar-refractivity contribution in [1.29, 1.82) is 0 Å². The molecule has 0 heterocycles. The molecule has 0 unspecified atom stereocenters. The van der Waals surface area contributed by atoms with Crippen LogP contribution in [0.15, 0.2) is 48.5 Å². The Hall–Kier alpha value is -2.24. The first-order valence-electron chi connectivity index (χ1n) is 10.1. The Morgan fingerprint density at radius 2 is 1.77 bits per heavy atom. The van der Waals surface area contributed by atoms with Crippen LogP contribution in [-0.4, -0.2) is 35.4 Å². The number of carbonyl (C=O) groups is 2. The van der Waals surface area contributed by atoms with Crippen molar-refractivity contribution in [2.24, 2.45) is 0 Å². The van der Waals surface area contributed by atoms with Crippen LogP contribution >= 0.6 is 23.2 Å². The van der Waals surface area contributed by atoms with Crippen LogP contribution in [-0.2, 0) is 16.1 Å². The van der Waals surface area contributed by atoms with E-state index >= 15 is 0 Å². The van der Waals surface area contributed by atoms with Crippen LogP contribution < -0.4 is 10.1 Å². The minimum absolute atomic E-state index is 0.153. The molecule has 0 radical (unpaired) electrons. The van der Waals surface area contributed by atoms with Crippen LogP contribution in [0.3, 0.4) is 0 Å². The molecule has 0 bridgehead atoms. The van der Waals surface area contributed by atoms with E-state index in [9.17, 15) is 9.59 Å². The van der Waals surface area contributed by atoms with Crippen molar-refractivity contribution in [3.8, 4) is 5.75 Å². The van der Waals surface area contributed by atoms with Crippen molar-refractivity contribution in [3.63, 3.8) is 0 Å². The van der Waals surface area contributed by atoms with Gasteiger partial charge in [0.15, 0.2) is 6.61 Å². The first-order valence-corrected chi connectivity index (χ1v) is 10.9. The zero-order valence-corrected chi connectivity index (χ0v) is 18.5. The molecule has 0 spiro atoms. The van der Waals surface area contributed by atoms with E-state index < -0.39 is 6.04 Å². The highest BCUT2D eigenvalue weighted by Gasteiger charge is 2.28. The molecule has 0 aliphatic heterocycles. The van der Waals surface area contributed by atoms with Gasteiger partial charge < -0.3 is 15.0 Å². The average Bonchev–Trinajstić information content (AvgIpc) is 3.23. The van der Waals surface area contributed by atoms with Crippen molar-refractivity contribution in [1.82, 2.24) is 10.2 Å². The van der Waals surface area contributed by atoms with E-state index in [0.29, 0.717) is 15.8 Å². The maximum Gasteiger partial charge on any atom is 0.261 e. The number of halogens is 2. The number of hydrogen-bond donors (Lipinski definition) is 1. The predicted molar refractivity (Wildman–Crippen MR) is 119 cm³/mol. The average molecular weight is 449 g/mol. The maximum absolute atomic E-state index is 13.0. The van der Waals surface area contributed by atoms with Gasteiger partial charge in [0.25, 0.3) is 5.91 Å². The lowest BCUT2D eigenvalue weighted by Gasteiger charge is -2.29. The number of nitrogens with one attached hydrogen (secondary N) is 1. The fourth-order valence-corrected chi connectivity index (χ4v) is 3.98. The Bertz CT molecular complexity index is 884. The SMILES string of the molecule is C[C@H](C(=O)NC1CCCC1)N(Cc1cccc(Cl)c1)C(=O)COc1cccc(Cl)c1. The standard InChI is InChI=1S/C23H26Cl2N2O3/c1-16(23(29)26-20-9-2-3-10-20)27(14-17-6-4-7-18(24)12-17)22(28)15-30-21-11-5-8-19(25)13-21/h4-8,11-13,16,20H,2-3,9-10,14-15H2,1H3,(H,26,29)/t16-/m1/s1. The second kappa shape index (κ2) is 10.7. The molecule has 1 aliphatic rings. The molecular formula is C23H26Cl2N2O3. The molecule has 1 atom stereocenters. The minimum atomic E-state index is -0.639. The zero-order valence-electron chi connectivity index (χ0n) is 16.9. The molecule has 30 heavy (non-hydrogen) atoms. The van der Waals surface area contributed by atoms with Gasteiger partial charge in [-0.05, 0) is 55.7 Å². The predicted octanol–water partition coefficient (Wildman–Crippen LogP) is 4.85. The third-order valence-corrected chi connectivity index (χ3v) is 5.74. The smallest absolute Gasteiger partial charge is 0.261 e. The van der Waals surface area contributed by atoms with E-state index in [1.54, 1.807) is 43.3 Å². The van der Waals surface area contributed by atoms with Crippen molar-refractivity contribution < 1.29 is 14.3 Å². The van der Waals surface area contributed by atoms with Crippen LogP contribution in [0.5, 0.6) is 5.75 Å². The molecule has 7 heteroatoms. The Balaban J connectivity index is 1.71. The van der Waals surface area contributed by atoms with Gasteiger partial charge in [0.05, 0.1) is 0 Å². The summed E-state index contributed by atoms with van der Waals surface area (Å²) in [7, 11) is 0. The lowest BCUT2D eigenvalue weighted by Crippen LogP contribution is -2.50. The van der Waals surface area contributed by atoms with Gasteiger partial charge in [-0.3, -0.25) is 9.59 Å². The van der Waals surface area contributed by atoms with Gasteiger partial charge in [-0.1, -0.05) is 54.2 Å². The lowest BCUT2D eigenvalue weighted by atomic mass is 10.1. The number of carbonyl (C=O) groups excluding carboxylic acids is 2. The van der Waals surface area contributed by atoms with Crippen LogP contribution in [0.25, 0.3) is 0 Å². The summed E-state index contributed by atoms with van der Waals surface area (Å²) < 4.78 is 5.62. The number of nitrogens with zero attached hydrogens (tertiary/aromatic N) is 1. The third-order valence-electron chi connectivity index (χ3n) is 5.27. The molecule has 5 nitrogen and oxygen atoms in total. The summed E-state index contributed by atoms with van der Waals surface area (Å²) in [5, 5.41) is 4.18. The molecule has 160 valence electrons. The molecule has 3 rings (SSSR count). The van der Waals surface area contributed by atoms with Crippen molar-refractivity contribution >= 4 is 35.0 Å². The topological polar surface area (TPSA) is 58.6 Å². The van der Waals surface area contributed by atoms with Crippen molar-refractivity contribution in [2.45, 2.75) is 51.2 Å². The summed E-state index contributed by atoms with van der Waals surface area (Å²) in [5.41, 5.74) is 0.846. The highest BCUT2D eigenvalue weighted by molar-refractivity contribution is 6.30. The summed E-state index contributed by atoms with van der Waals surface area (Å²) in [6, 6.07) is 13.7. The van der Waals surface area contributed by atoms with Gasteiger partial charge >= 0.3 is 0 Å². The molecule has 2 aromatic carbocycles. The van der Waals surface area contributed by atoms with E-state index in [2.05, 4.69) is 5.32 Å². The maximum atomic E-state index is 13.0. The minimum Gasteiger partial charge on any atom is -0.484 e. The first kappa shape index (κ1) is 22.4. The summed E-state index contributed by atoms with van der Waals surface area (Å²) in [6.45, 7) is 1.81. The second-order valence-electron chi connectivity index (χ2n) is 7.56. The fourth-order valence-electron chi connectivity index (χ4n) is 3.59. The summed E-state index contributed by atoms with van der Waals surface area (Å²) in [6.07, 6.45) is 4.22. The zero-order chi connectivity index (χ0) is 21.5. The van der Waals surface area contributed by atoms with Crippen LogP contribution in [0.2, 0.25) is 10.0 Å². The highest BCUT2D eigenvalue weighted by atomic mass is 35.5. The molecule has 2 aromatic rings. The molecule has 0 aromatic heterocycles. The molecule has 0 saturated heterocycles. The number of rotatable bonds is 8. The fraction of sp³-hybridized carbons (Fsp3) is 0.391. The van der Waals surface area contributed by atoms with Gasteiger partial charge in [0.2, 0.25) is 5.91 Å². The van der Waals surface area contributed by atoms with E-state index in [1.165, 1.54) is 4.90 Å². The van der Waals surface area contributed by atoms with E-state index in [1.807, 2.05) is 12.1 Å². The van der Waals surface area contributed by atoms with E-state index in [4.69, 9.17) is 27.9 Å². The normalized spacial score (nSPS) is 14.9. The van der Waals surface area contributed by atoms with Crippen molar-refractivity contribution in [3.05, 3.63) is 64.1 Å². The number of hydrogen-bond acceptors (Lipinski definition) is 3. The number of ether oxygens (including phenoxy) is 1. The monoisotopic (exact) mass is 448 g/mol. The summed E-state index contributed by atoms with van der Waals surface area (Å²) in [5.74, 6) is 0.0608. The first-order chi connectivity index (χ1) is 14.4. The number of amides is 2. The van der Waals surface area contributed by atoms with Gasteiger partial charge in [0.1, 0.15) is 11.8 Å². The van der Waals surface area contributed by atoms with Crippen molar-refractivity contribution in [2.75, 3.05) is 6.61 Å². The van der Waals surface area contributed by atoms with E-state index in [0.717, 1.165) is 31.2 Å². The van der Waals surface area contributed by atoms with Gasteiger partial charge in [-0.15, -0.1) is 0 Å². The Kier molecular flexibility index (Phi) is 8.00. The van der Waals surface area contributed by atoms with Crippen LogP contribution in [0.1, 0.15) is 38.2 Å². The van der Waals surface area contributed by atoms with Gasteiger partial charge in [-0.25, -0.2) is 0 Å². The second-order valence-corrected chi connectivity index (χ2v) is 8.44. The molecule has 1 N–H and O–H groups in total. The van der Waals surface area contributed by atoms with Gasteiger partial charge in [0, 0.05) is 22.6 Å². The Morgan fingerprint density at radius 3 is 2.43 bits per heavy atom. The molecule has 1 saturated carbocycles. The van der Waals surface area contributed by atoms with Gasteiger partial charge in [-0.2, -0.15) is 0 Å². The van der Waals surface area contributed by atoms with Crippen LogP contribution in [0.4, 0.5) is 0 Å². The quantitative estimate of drug-likeness (QED) is 0.627. The van der Waals surface area contributed by atoms with Crippen LogP contribution in [0, 0.1) is 0 Å². The molecule has 1 fully saturated rings. The number of benzene rings is 2. The highest BCUT2D eigenvalue weighted by Crippen LogP contribution is 2.20. The molecule has 2 amide bonds. The largest absolute Gasteiger partial charge is 0.484 e. The summed E-state index contributed by atoms with van der Waals surface area (Å²) in [4.78, 5) is 27.4. The molecule has 1 aliphatic carbocycles. The Labute approximate surface area is 187 Å².